The number of hydrogen-bond acceptors (Lipinski definition) is 5. The number of carbonyl (C=O) groups is 1. The number of ether oxygens (including phenoxy) is 1. The van der Waals surface area contributed by atoms with Gasteiger partial charge in [0.05, 0.1) is 28.0 Å². The summed E-state index contributed by atoms with van der Waals surface area (Å²) in [6.07, 6.45) is 1.71. The summed E-state index contributed by atoms with van der Waals surface area (Å²) in [4.78, 5) is 18.4. The molecule has 2 aromatic heterocycles. The highest BCUT2D eigenvalue weighted by Gasteiger charge is 2.42. The van der Waals surface area contributed by atoms with Gasteiger partial charge < -0.3 is 24.7 Å². The number of methoxy groups -OCH3 is 1. The maximum atomic E-state index is 14.7. The summed E-state index contributed by atoms with van der Waals surface area (Å²) in [6, 6.07) is 18.4. The molecule has 194 valence electrons. The molecule has 0 bridgehead atoms. The second kappa shape index (κ2) is 11.2. The number of amides is 1. The molecule has 11 heteroatoms. The van der Waals surface area contributed by atoms with E-state index >= 15 is 0 Å². The smallest absolute Gasteiger partial charge is 0.250 e. The fourth-order valence-corrected chi connectivity index (χ4v) is 5.24. The van der Waals surface area contributed by atoms with Crippen LogP contribution in [-0.4, -0.2) is 29.7 Å². The number of rotatable bonds is 7. The van der Waals surface area contributed by atoms with Crippen LogP contribution in [0.3, 0.4) is 0 Å². The predicted octanol–water partition coefficient (Wildman–Crippen LogP) is 6.66. The fraction of sp³-hybridized carbons (Fsp3) is 0.148. The average molecular weight is 616 g/mol. The van der Waals surface area contributed by atoms with Crippen LogP contribution in [-0.2, 0) is 9.53 Å². The van der Waals surface area contributed by atoms with Gasteiger partial charge in [-0.15, -0.1) is 0 Å². The average Bonchev–Trinajstić information content (AvgIpc) is 3.50. The highest BCUT2D eigenvalue weighted by molar-refractivity contribution is 9.10. The third-order valence-corrected chi connectivity index (χ3v) is 7.11. The zero-order chi connectivity index (χ0) is 26.8. The van der Waals surface area contributed by atoms with E-state index in [4.69, 9.17) is 33.0 Å². The summed E-state index contributed by atoms with van der Waals surface area (Å²) < 4.78 is 26.4. The lowest BCUT2D eigenvalue weighted by molar-refractivity contribution is -0.119. The van der Waals surface area contributed by atoms with Crippen molar-refractivity contribution in [1.29, 1.82) is 0 Å². The van der Waals surface area contributed by atoms with Crippen molar-refractivity contribution in [2.75, 3.05) is 23.9 Å². The van der Waals surface area contributed by atoms with Gasteiger partial charge in [0, 0.05) is 23.5 Å². The summed E-state index contributed by atoms with van der Waals surface area (Å²) >= 11 is 15.6. The molecule has 1 saturated heterocycles. The van der Waals surface area contributed by atoms with E-state index in [2.05, 4.69) is 31.5 Å². The van der Waals surface area contributed by atoms with Crippen molar-refractivity contribution < 1.29 is 18.3 Å². The van der Waals surface area contributed by atoms with Crippen LogP contribution in [0.15, 0.2) is 81.8 Å². The van der Waals surface area contributed by atoms with E-state index < -0.39 is 11.9 Å². The Labute approximate surface area is 237 Å². The first kappa shape index (κ1) is 26.3. The SMILES string of the molecule is COCC(=O)Nc1ccc(N2C(=S)N[C@H](c3ccccn3)[C@H]2c2ccc(-c3ccc(Br)cc3F)o2)cc1Cl. The van der Waals surface area contributed by atoms with Crippen LogP contribution in [0.5, 0.6) is 0 Å². The van der Waals surface area contributed by atoms with Crippen molar-refractivity contribution in [3.8, 4) is 11.3 Å². The molecule has 38 heavy (non-hydrogen) atoms. The quantitative estimate of drug-likeness (QED) is 0.225. The number of nitrogens with one attached hydrogen (secondary N) is 2. The third-order valence-electron chi connectivity index (χ3n) is 5.99. The van der Waals surface area contributed by atoms with Gasteiger partial charge in [-0.2, -0.15) is 0 Å². The van der Waals surface area contributed by atoms with Gasteiger partial charge in [0.1, 0.15) is 30.0 Å². The molecule has 0 aliphatic carbocycles. The molecule has 1 fully saturated rings. The number of thiocarbonyl (C=S) groups is 1. The molecule has 5 rings (SSSR count). The molecule has 0 spiro atoms. The number of pyridine rings is 1. The third kappa shape index (κ3) is 5.30. The molecule has 1 aliphatic heterocycles. The number of carbonyl (C=O) groups excluding carboxylic acids is 1. The molecular weight excluding hydrogens is 595 g/mol. The van der Waals surface area contributed by atoms with Crippen LogP contribution in [0.25, 0.3) is 11.3 Å². The molecule has 3 heterocycles. The lowest BCUT2D eigenvalue weighted by Gasteiger charge is -2.26. The van der Waals surface area contributed by atoms with Gasteiger partial charge in [0.15, 0.2) is 5.11 Å². The zero-order valence-corrected chi connectivity index (χ0v) is 23.1. The van der Waals surface area contributed by atoms with Crippen molar-refractivity contribution in [3.05, 3.63) is 99.7 Å². The highest BCUT2D eigenvalue weighted by Crippen LogP contribution is 2.44. The summed E-state index contributed by atoms with van der Waals surface area (Å²) in [5.41, 5.74) is 2.21. The Morgan fingerprint density at radius 2 is 2.08 bits per heavy atom. The van der Waals surface area contributed by atoms with E-state index in [1.54, 1.807) is 48.7 Å². The van der Waals surface area contributed by atoms with Gasteiger partial charge >= 0.3 is 0 Å². The zero-order valence-electron chi connectivity index (χ0n) is 20.0. The van der Waals surface area contributed by atoms with Gasteiger partial charge in [-0.25, -0.2) is 4.39 Å². The molecule has 1 amide bonds. The number of aromatic nitrogens is 1. The fourth-order valence-electron chi connectivity index (χ4n) is 4.34. The van der Waals surface area contributed by atoms with Crippen LogP contribution in [0.4, 0.5) is 15.8 Å². The topological polar surface area (TPSA) is 79.6 Å². The first-order valence-electron chi connectivity index (χ1n) is 11.5. The van der Waals surface area contributed by atoms with E-state index in [0.717, 1.165) is 5.69 Å². The number of hydrogen-bond donors (Lipinski definition) is 2. The Hall–Kier alpha value is -3.31. The standard InChI is InChI=1S/C27H21BrClFN4O3S/c1-36-14-24(35)32-20-8-6-16(13-18(20)29)34-26(25(33-27(34)38)21-4-2-3-11-31-21)23-10-9-22(37-23)17-7-5-15(28)12-19(17)30/h2-13,25-26H,14H2,1H3,(H,32,35)(H,33,38)/t25-,26-/m1/s1. The minimum atomic E-state index is -0.463. The Balaban J connectivity index is 1.55. The van der Waals surface area contributed by atoms with Crippen LogP contribution in [0.2, 0.25) is 5.02 Å². The molecule has 0 unspecified atom stereocenters. The lowest BCUT2D eigenvalue weighted by atomic mass is 10.0. The number of furan rings is 1. The van der Waals surface area contributed by atoms with Crippen molar-refractivity contribution in [2.24, 2.45) is 0 Å². The Morgan fingerprint density at radius 1 is 1.24 bits per heavy atom. The second-order valence-corrected chi connectivity index (χ2v) is 10.2. The van der Waals surface area contributed by atoms with Gasteiger partial charge in [-0.1, -0.05) is 33.6 Å². The van der Waals surface area contributed by atoms with Crippen LogP contribution in [0.1, 0.15) is 23.5 Å². The van der Waals surface area contributed by atoms with E-state index in [-0.39, 0.29) is 18.6 Å². The first-order chi connectivity index (χ1) is 18.4. The normalized spacial score (nSPS) is 16.9. The summed E-state index contributed by atoms with van der Waals surface area (Å²) in [5.74, 6) is 0.212. The van der Waals surface area contributed by atoms with E-state index in [0.29, 0.717) is 43.1 Å². The van der Waals surface area contributed by atoms with Gasteiger partial charge in [-0.3, -0.25) is 9.78 Å². The Bertz CT molecular complexity index is 1500. The predicted molar refractivity (Wildman–Crippen MR) is 152 cm³/mol. The van der Waals surface area contributed by atoms with Crippen molar-refractivity contribution >= 4 is 62.1 Å². The maximum Gasteiger partial charge on any atom is 0.250 e. The van der Waals surface area contributed by atoms with E-state index in [1.807, 2.05) is 23.1 Å². The van der Waals surface area contributed by atoms with E-state index in [1.165, 1.54) is 13.2 Å². The molecule has 2 aromatic carbocycles. The van der Waals surface area contributed by atoms with Crippen molar-refractivity contribution in [2.45, 2.75) is 12.1 Å². The molecule has 7 nitrogen and oxygen atoms in total. The minimum Gasteiger partial charge on any atom is -0.459 e. The molecule has 2 N–H and O–H groups in total. The number of benzene rings is 2. The van der Waals surface area contributed by atoms with Crippen LogP contribution >= 0.6 is 39.7 Å². The van der Waals surface area contributed by atoms with Crippen molar-refractivity contribution in [3.63, 3.8) is 0 Å². The van der Waals surface area contributed by atoms with Crippen LogP contribution in [0, 0.1) is 5.82 Å². The van der Waals surface area contributed by atoms with Gasteiger partial charge in [0.25, 0.3) is 0 Å². The monoisotopic (exact) mass is 614 g/mol. The summed E-state index contributed by atoms with van der Waals surface area (Å²) in [5, 5.41) is 6.82. The summed E-state index contributed by atoms with van der Waals surface area (Å²) in [7, 11) is 1.44. The molecular formula is C27H21BrClFN4O3S. The highest BCUT2D eigenvalue weighted by atomic mass is 79.9. The van der Waals surface area contributed by atoms with E-state index in [9.17, 15) is 9.18 Å². The number of halogens is 3. The summed E-state index contributed by atoms with van der Waals surface area (Å²) in [6.45, 7) is -0.0914. The molecule has 0 radical (unpaired) electrons. The Morgan fingerprint density at radius 3 is 2.79 bits per heavy atom. The van der Waals surface area contributed by atoms with Crippen molar-refractivity contribution in [1.82, 2.24) is 10.3 Å². The first-order valence-corrected chi connectivity index (χ1v) is 13.1. The number of nitrogens with zero attached hydrogens (tertiary/aromatic N) is 2. The molecule has 0 saturated carbocycles. The lowest BCUT2D eigenvalue weighted by Crippen LogP contribution is -2.29. The molecule has 4 aromatic rings. The van der Waals surface area contributed by atoms with Crippen LogP contribution < -0.4 is 15.5 Å². The molecule has 1 aliphatic rings. The van der Waals surface area contributed by atoms with Gasteiger partial charge in [-0.05, 0) is 72.9 Å². The van der Waals surface area contributed by atoms with Gasteiger partial charge in [0.2, 0.25) is 5.91 Å². The molecule has 2 atom stereocenters. The minimum absolute atomic E-state index is 0.0914. The Kier molecular flexibility index (Phi) is 7.75. The largest absolute Gasteiger partial charge is 0.459 e. The number of anilines is 2. The second-order valence-electron chi connectivity index (χ2n) is 8.47. The maximum absolute atomic E-state index is 14.7.